The molecule has 0 aliphatic heterocycles. The number of carbonyl (C=O) groups is 1. The van der Waals surface area contributed by atoms with E-state index in [0.717, 1.165) is 12.8 Å². The number of ether oxygens (including phenoxy) is 1. The van der Waals surface area contributed by atoms with Gasteiger partial charge in [-0.3, -0.25) is 0 Å². The van der Waals surface area contributed by atoms with E-state index in [1.165, 1.54) is 6.42 Å². The largest absolute Gasteiger partial charge is 0.464 e. The minimum atomic E-state index is -1.31. The van der Waals surface area contributed by atoms with Gasteiger partial charge in [0.05, 0.1) is 6.61 Å². The van der Waals surface area contributed by atoms with Crippen molar-refractivity contribution in [3.63, 3.8) is 0 Å². The fourth-order valence-corrected chi connectivity index (χ4v) is 3.57. The number of carbonyl (C=O) groups excluding carboxylic acids is 1. The number of esters is 1. The van der Waals surface area contributed by atoms with E-state index in [9.17, 15) is 9.90 Å². The summed E-state index contributed by atoms with van der Waals surface area (Å²) in [6.45, 7) is 10.6. The first kappa shape index (κ1) is 16.5. The van der Waals surface area contributed by atoms with Crippen molar-refractivity contribution in [2.24, 2.45) is 23.7 Å². The molecule has 0 saturated heterocycles. The SMILES string of the molecule is CCOC(=O)C(O)(CC)C1CC(C)CCC1C(C)C. The Kier molecular flexibility index (Phi) is 5.84. The molecule has 0 aromatic rings. The fourth-order valence-electron chi connectivity index (χ4n) is 3.57. The predicted octanol–water partition coefficient (Wildman–Crippen LogP) is 3.40. The maximum atomic E-state index is 12.2. The third kappa shape index (κ3) is 3.50. The van der Waals surface area contributed by atoms with Gasteiger partial charge in [0.1, 0.15) is 0 Å². The lowest BCUT2D eigenvalue weighted by molar-refractivity contribution is -0.179. The first-order valence-corrected chi connectivity index (χ1v) is 7.76. The van der Waals surface area contributed by atoms with Gasteiger partial charge in [-0.05, 0) is 43.9 Å². The number of rotatable bonds is 5. The Balaban J connectivity index is 2.99. The zero-order chi connectivity index (χ0) is 14.6. The van der Waals surface area contributed by atoms with Crippen LogP contribution in [0.3, 0.4) is 0 Å². The first-order valence-electron chi connectivity index (χ1n) is 7.76. The van der Waals surface area contributed by atoms with E-state index >= 15 is 0 Å². The molecule has 0 aromatic carbocycles. The van der Waals surface area contributed by atoms with Crippen LogP contribution in [0.2, 0.25) is 0 Å². The van der Waals surface area contributed by atoms with Gasteiger partial charge in [-0.15, -0.1) is 0 Å². The Morgan fingerprint density at radius 3 is 2.47 bits per heavy atom. The Bertz CT molecular complexity index is 300. The maximum absolute atomic E-state index is 12.2. The molecule has 19 heavy (non-hydrogen) atoms. The van der Waals surface area contributed by atoms with Gasteiger partial charge in [-0.1, -0.05) is 34.1 Å². The van der Waals surface area contributed by atoms with Crippen molar-refractivity contribution < 1.29 is 14.6 Å². The van der Waals surface area contributed by atoms with Crippen molar-refractivity contribution in [1.29, 1.82) is 0 Å². The van der Waals surface area contributed by atoms with Crippen LogP contribution in [-0.2, 0) is 9.53 Å². The fraction of sp³-hybridized carbons (Fsp3) is 0.938. The van der Waals surface area contributed by atoms with E-state index in [0.29, 0.717) is 30.8 Å². The lowest BCUT2D eigenvalue weighted by Crippen LogP contribution is -2.52. The third-order valence-corrected chi connectivity index (χ3v) is 4.80. The monoisotopic (exact) mass is 270 g/mol. The summed E-state index contributed by atoms with van der Waals surface area (Å²) in [5.41, 5.74) is -1.31. The smallest absolute Gasteiger partial charge is 0.338 e. The normalized spacial score (nSPS) is 31.0. The van der Waals surface area contributed by atoms with Crippen LogP contribution in [0.4, 0.5) is 0 Å². The van der Waals surface area contributed by atoms with Gasteiger partial charge < -0.3 is 9.84 Å². The molecule has 112 valence electrons. The lowest BCUT2D eigenvalue weighted by atomic mass is 9.63. The van der Waals surface area contributed by atoms with Crippen LogP contribution in [0.15, 0.2) is 0 Å². The third-order valence-electron chi connectivity index (χ3n) is 4.80. The standard InChI is InChI=1S/C16H30O3/c1-6-16(18,15(17)19-7-2)14-10-12(5)8-9-13(14)11(3)4/h11-14,18H,6-10H2,1-5H3. The molecule has 1 N–H and O–H groups in total. The van der Waals surface area contributed by atoms with E-state index in [1.54, 1.807) is 6.92 Å². The molecule has 4 atom stereocenters. The summed E-state index contributed by atoms with van der Waals surface area (Å²) in [6.07, 6.45) is 3.66. The van der Waals surface area contributed by atoms with Crippen LogP contribution >= 0.6 is 0 Å². The molecule has 0 spiro atoms. The molecule has 1 saturated carbocycles. The minimum absolute atomic E-state index is 0.0281. The number of aliphatic hydroxyl groups is 1. The van der Waals surface area contributed by atoms with Crippen LogP contribution in [0, 0.1) is 23.7 Å². The van der Waals surface area contributed by atoms with Crippen LogP contribution < -0.4 is 0 Å². The lowest BCUT2D eigenvalue weighted by Gasteiger charge is -2.44. The molecule has 1 fully saturated rings. The van der Waals surface area contributed by atoms with Crippen molar-refractivity contribution in [3.05, 3.63) is 0 Å². The Labute approximate surface area is 117 Å². The van der Waals surface area contributed by atoms with Crippen LogP contribution in [0.25, 0.3) is 0 Å². The van der Waals surface area contributed by atoms with Gasteiger partial charge in [-0.2, -0.15) is 0 Å². The van der Waals surface area contributed by atoms with E-state index in [4.69, 9.17) is 4.74 Å². The zero-order valence-corrected chi connectivity index (χ0v) is 13.1. The van der Waals surface area contributed by atoms with Crippen molar-refractivity contribution in [2.45, 2.75) is 65.9 Å². The minimum Gasteiger partial charge on any atom is -0.464 e. The Hall–Kier alpha value is -0.570. The highest BCUT2D eigenvalue weighted by Crippen LogP contribution is 2.45. The summed E-state index contributed by atoms with van der Waals surface area (Å²) < 4.78 is 5.13. The Morgan fingerprint density at radius 1 is 1.37 bits per heavy atom. The van der Waals surface area contributed by atoms with Gasteiger partial charge in [0.15, 0.2) is 5.60 Å². The summed E-state index contributed by atoms with van der Waals surface area (Å²) in [6, 6.07) is 0. The molecule has 0 aromatic heterocycles. The number of hydrogen-bond donors (Lipinski definition) is 1. The zero-order valence-electron chi connectivity index (χ0n) is 13.1. The van der Waals surface area contributed by atoms with E-state index in [2.05, 4.69) is 20.8 Å². The molecule has 3 nitrogen and oxygen atoms in total. The van der Waals surface area contributed by atoms with Gasteiger partial charge >= 0.3 is 5.97 Å². The molecular weight excluding hydrogens is 240 g/mol. The molecule has 0 heterocycles. The van der Waals surface area contributed by atoms with Crippen molar-refractivity contribution in [3.8, 4) is 0 Å². The van der Waals surface area contributed by atoms with E-state index < -0.39 is 11.6 Å². The second-order valence-corrected chi connectivity index (χ2v) is 6.43. The highest BCUT2D eigenvalue weighted by molar-refractivity contribution is 5.79. The van der Waals surface area contributed by atoms with Gasteiger partial charge in [-0.25, -0.2) is 4.79 Å². The van der Waals surface area contributed by atoms with Crippen molar-refractivity contribution in [1.82, 2.24) is 0 Å². The molecule has 0 radical (unpaired) electrons. The van der Waals surface area contributed by atoms with Crippen LogP contribution in [-0.4, -0.2) is 23.3 Å². The number of hydrogen-bond acceptors (Lipinski definition) is 3. The van der Waals surface area contributed by atoms with Gasteiger partial charge in [0, 0.05) is 5.92 Å². The van der Waals surface area contributed by atoms with Gasteiger partial charge in [0.2, 0.25) is 0 Å². The van der Waals surface area contributed by atoms with Crippen molar-refractivity contribution in [2.75, 3.05) is 6.61 Å². The average molecular weight is 270 g/mol. The summed E-state index contributed by atoms with van der Waals surface area (Å²) in [5.74, 6) is 1.07. The van der Waals surface area contributed by atoms with E-state index in [1.807, 2.05) is 6.92 Å². The molecule has 1 aliphatic carbocycles. The molecule has 1 aliphatic rings. The summed E-state index contributed by atoms with van der Waals surface area (Å²) >= 11 is 0. The molecular formula is C16H30O3. The summed E-state index contributed by atoms with van der Waals surface area (Å²) in [7, 11) is 0. The van der Waals surface area contributed by atoms with E-state index in [-0.39, 0.29) is 5.92 Å². The summed E-state index contributed by atoms with van der Waals surface area (Å²) in [4.78, 5) is 12.2. The quantitative estimate of drug-likeness (QED) is 0.779. The van der Waals surface area contributed by atoms with Crippen LogP contribution in [0.5, 0.6) is 0 Å². The second kappa shape index (κ2) is 6.74. The predicted molar refractivity (Wildman–Crippen MR) is 76.7 cm³/mol. The second-order valence-electron chi connectivity index (χ2n) is 6.43. The topological polar surface area (TPSA) is 46.5 Å². The molecule has 3 heteroatoms. The van der Waals surface area contributed by atoms with Gasteiger partial charge in [0.25, 0.3) is 0 Å². The summed E-state index contributed by atoms with van der Waals surface area (Å²) in [5, 5.41) is 10.9. The molecule has 0 bridgehead atoms. The molecule has 0 amide bonds. The van der Waals surface area contributed by atoms with Crippen LogP contribution in [0.1, 0.15) is 60.3 Å². The first-order chi connectivity index (χ1) is 8.86. The average Bonchev–Trinajstić information content (AvgIpc) is 2.37. The maximum Gasteiger partial charge on any atom is 0.338 e. The highest BCUT2D eigenvalue weighted by Gasteiger charge is 2.49. The molecule has 1 rings (SSSR count). The van der Waals surface area contributed by atoms with Crippen molar-refractivity contribution >= 4 is 5.97 Å². The highest BCUT2D eigenvalue weighted by atomic mass is 16.5. The molecule has 4 unspecified atom stereocenters. The Morgan fingerprint density at radius 2 is 2.00 bits per heavy atom.